The molecule has 1 aliphatic rings. The van der Waals surface area contributed by atoms with E-state index in [2.05, 4.69) is 57.1 Å². The molecule has 1 unspecified atom stereocenters. The molecule has 0 N–H and O–H groups in total. The van der Waals surface area contributed by atoms with Crippen LogP contribution in [0.4, 0.5) is 0 Å². The maximum atomic E-state index is 4.08. The van der Waals surface area contributed by atoms with Crippen molar-refractivity contribution >= 4 is 0 Å². The van der Waals surface area contributed by atoms with Crippen molar-refractivity contribution in [2.75, 3.05) is 26.7 Å². The van der Waals surface area contributed by atoms with Crippen molar-refractivity contribution in [3.8, 4) is 0 Å². The van der Waals surface area contributed by atoms with Crippen LogP contribution in [0, 0.1) is 5.92 Å². The number of likely N-dealkylation sites (tertiary alicyclic amines) is 1. The van der Waals surface area contributed by atoms with Crippen molar-refractivity contribution in [2.45, 2.75) is 19.5 Å². The summed E-state index contributed by atoms with van der Waals surface area (Å²) in [6.45, 7) is 5.55. The van der Waals surface area contributed by atoms with Crippen molar-refractivity contribution in [3.63, 3.8) is 0 Å². The minimum atomic E-state index is 0.762. The summed E-state index contributed by atoms with van der Waals surface area (Å²) < 4.78 is 0. The Kier molecular flexibility index (Phi) is 5.14. The largest absolute Gasteiger partial charge is 0.302 e. The second kappa shape index (κ2) is 7.47. The molecule has 1 fully saturated rings. The summed E-state index contributed by atoms with van der Waals surface area (Å²) >= 11 is 0. The van der Waals surface area contributed by atoms with E-state index in [1.807, 2.05) is 12.4 Å². The van der Waals surface area contributed by atoms with E-state index in [9.17, 15) is 0 Å². The van der Waals surface area contributed by atoms with Crippen LogP contribution in [0.1, 0.15) is 17.5 Å². The SMILES string of the molecule is CN(Cc1cncnc1)CC1CCN(Cc2ccccc2)C1. The fourth-order valence-corrected chi connectivity index (χ4v) is 3.28. The minimum absolute atomic E-state index is 0.762. The van der Waals surface area contributed by atoms with Gasteiger partial charge in [-0.1, -0.05) is 30.3 Å². The average molecular weight is 296 g/mol. The van der Waals surface area contributed by atoms with Crippen molar-refractivity contribution in [3.05, 3.63) is 60.2 Å². The molecule has 4 heteroatoms. The molecule has 4 nitrogen and oxygen atoms in total. The number of hydrogen-bond donors (Lipinski definition) is 0. The zero-order valence-corrected chi connectivity index (χ0v) is 13.2. The molecule has 22 heavy (non-hydrogen) atoms. The highest BCUT2D eigenvalue weighted by Gasteiger charge is 2.23. The topological polar surface area (TPSA) is 32.3 Å². The monoisotopic (exact) mass is 296 g/mol. The van der Waals surface area contributed by atoms with Crippen LogP contribution in [0.2, 0.25) is 0 Å². The van der Waals surface area contributed by atoms with E-state index in [4.69, 9.17) is 0 Å². The van der Waals surface area contributed by atoms with Crippen LogP contribution < -0.4 is 0 Å². The van der Waals surface area contributed by atoms with Crippen LogP contribution in [0.25, 0.3) is 0 Å². The fourth-order valence-electron chi connectivity index (χ4n) is 3.28. The van der Waals surface area contributed by atoms with Crippen LogP contribution in [-0.4, -0.2) is 46.4 Å². The number of nitrogens with zero attached hydrogens (tertiary/aromatic N) is 4. The van der Waals surface area contributed by atoms with Crippen LogP contribution in [-0.2, 0) is 13.1 Å². The summed E-state index contributed by atoms with van der Waals surface area (Å²) in [5.41, 5.74) is 2.60. The summed E-state index contributed by atoms with van der Waals surface area (Å²) in [5, 5.41) is 0. The first-order valence-corrected chi connectivity index (χ1v) is 7.98. The Bertz CT molecular complexity index is 558. The van der Waals surface area contributed by atoms with Crippen molar-refractivity contribution in [2.24, 2.45) is 5.92 Å². The van der Waals surface area contributed by atoms with Gasteiger partial charge in [0.25, 0.3) is 0 Å². The lowest BCUT2D eigenvalue weighted by Gasteiger charge is -2.21. The molecule has 1 aromatic carbocycles. The molecule has 0 amide bonds. The van der Waals surface area contributed by atoms with E-state index in [1.54, 1.807) is 6.33 Å². The second-order valence-corrected chi connectivity index (χ2v) is 6.32. The van der Waals surface area contributed by atoms with Gasteiger partial charge in [0, 0.05) is 44.1 Å². The molecule has 1 saturated heterocycles. The van der Waals surface area contributed by atoms with Gasteiger partial charge in [-0.2, -0.15) is 0 Å². The molecular weight excluding hydrogens is 272 g/mol. The molecule has 0 saturated carbocycles. The maximum Gasteiger partial charge on any atom is 0.115 e. The molecule has 2 heterocycles. The highest BCUT2D eigenvalue weighted by molar-refractivity contribution is 5.14. The fraction of sp³-hybridized carbons (Fsp3) is 0.444. The maximum absolute atomic E-state index is 4.08. The molecule has 1 aliphatic heterocycles. The molecule has 3 rings (SSSR count). The molecule has 0 radical (unpaired) electrons. The summed E-state index contributed by atoms with van der Waals surface area (Å²) in [5.74, 6) is 0.762. The third-order valence-corrected chi connectivity index (χ3v) is 4.26. The number of aromatic nitrogens is 2. The molecule has 0 bridgehead atoms. The van der Waals surface area contributed by atoms with Crippen LogP contribution >= 0.6 is 0 Å². The van der Waals surface area contributed by atoms with Gasteiger partial charge in [-0.15, -0.1) is 0 Å². The summed E-state index contributed by atoms with van der Waals surface area (Å²) in [7, 11) is 2.19. The number of hydrogen-bond acceptors (Lipinski definition) is 4. The lowest BCUT2D eigenvalue weighted by Crippen LogP contribution is -2.28. The lowest BCUT2D eigenvalue weighted by molar-refractivity contribution is 0.254. The minimum Gasteiger partial charge on any atom is -0.302 e. The van der Waals surface area contributed by atoms with E-state index < -0.39 is 0 Å². The van der Waals surface area contributed by atoms with E-state index in [0.717, 1.165) is 25.6 Å². The van der Waals surface area contributed by atoms with Crippen LogP contribution in [0.15, 0.2) is 49.1 Å². The van der Waals surface area contributed by atoms with E-state index in [-0.39, 0.29) is 0 Å². The van der Waals surface area contributed by atoms with Crippen molar-refractivity contribution in [1.82, 2.24) is 19.8 Å². The zero-order valence-electron chi connectivity index (χ0n) is 13.2. The Hall–Kier alpha value is -1.78. The van der Waals surface area contributed by atoms with Gasteiger partial charge in [0.1, 0.15) is 6.33 Å². The van der Waals surface area contributed by atoms with E-state index in [0.29, 0.717) is 0 Å². The normalized spacial score (nSPS) is 18.9. The van der Waals surface area contributed by atoms with Crippen molar-refractivity contribution < 1.29 is 0 Å². The van der Waals surface area contributed by atoms with Gasteiger partial charge in [-0.3, -0.25) is 4.90 Å². The Morgan fingerprint density at radius 2 is 1.91 bits per heavy atom. The number of rotatable bonds is 6. The zero-order chi connectivity index (χ0) is 15.2. The molecule has 1 atom stereocenters. The lowest BCUT2D eigenvalue weighted by atomic mass is 10.1. The Labute approximate surface area is 132 Å². The van der Waals surface area contributed by atoms with Crippen LogP contribution in [0.5, 0.6) is 0 Å². The van der Waals surface area contributed by atoms with E-state index >= 15 is 0 Å². The van der Waals surface area contributed by atoms with Gasteiger partial charge >= 0.3 is 0 Å². The van der Waals surface area contributed by atoms with Gasteiger partial charge in [0.15, 0.2) is 0 Å². The predicted molar refractivity (Wildman–Crippen MR) is 88.2 cm³/mol. The van der Waals surface area contributed by atoms with Gasteiger partial charge in [0.2, 0.25) is 0 Å². The van der Waals surface area contributed by atoms with Gasteiger partial charge in [-0.05, 0) is 31.5 Å². The third-order valence-electron chi connectivity index (χ3n) is 4.26. The van der Waals surface area contributed by atoms with Gasteiger partial charge in [-0.25, -0.2) is 9.97 Å². The first-order valence-electron chi connectivity index (χ1n) is 7.98. The first-order chi connectivity index (χ1) is 10.8. The standard InChI is InChI=1S/C18H24N4/c1-21(12-18-9-19-15-20-10-18)11-17-7-8-22(14-17)13-16-5-3-2-4-6-16/h2-6,9-10,15,17H,7-8,11-14H2,1H3. The molecule has 2 aromatic rings. The van der Waals surface area contributed by atoms with E-state index in [1.165, 1.54) is 30.6 Å². The third kappa shape index (κ3) is 4.36. The molecule has 0 spiro atoms. The highest BCUT2D eigenvalue weighted by Crippen LogP contribution is 2.19. The van der Waals surface area contributed by atoms with Crippen LogP contribution in [0.3, 0.4) is 0 Å². The average Bonchev–Trinajstić information content (AvgIpc) is 2.96. The summed E-state index contributed by atoms with van der Waals surface area (Å²) in [6, 6.07) is 10.8. The van der Waals surface area contributed by atoms with Crippen molar-refractivity contribution in [1.29, 1.82) is 0 Å². The quantitative estimate of drug-likeness (QED) is 0.819. The molecule has 1 aromatic heterocycles. The Morgan fingerprint density at radius 1 is 1.14 bits per heavy atom. The molecule has 0 aliphatic carbocycles. The number of benzene rings is 1. The Morgan fingerprint density at radius 3 is 2.68 bits per heavy atom. The molecular formula is C18H24N4. The first kappa shape index (κ1) is 15.1. The summed E-state index contributed by atoms with van der Waals surface area (Å²) in [6.07, 6.45) is 6.68. The predicted octanol–water partition coefficient (Wildman–Crippen LogP) is 2.43. The molecule has 116 valence electrons. The Balaban J connectivity index is 1.44. The summed E-state index contributed by atoms with van der Waals surface area (Å²) in [4.78, 5) is 13.1. The smallest absolute Gasteiger partial charge is 0.115 e. The van der Waals surface area contributed by atoms with Gasteiger partial charge in [0.05, 0.1) is 0 Å². The van der Waals surface area contributed by atoms with Gasteiger partial charge < -0.3 is 4.90 Å². The second-order valence-electron chi connectivity index (χ2n) is 6.32. The highest BCUT2D eigenvalue weighted by atomic mass is 15.2.